The van der Waals surface area contributed by atoms with Crippen LogP contribution in [0.1, 0.15) is 5.56 Å². The molecule has 0 atom stereocenters. The van der Waals surface area contributed by atoms with Crippen LogP contribution in [0.5, 0.6) is 5.75 Å². The fourth-order valence-electron chi connectivity index (χ4n) is 1.75. The lowest BCUT2D eigenvalue weighted by atomic mass is 10.2. The second-order valence-electron chi connectivity index (χ2n) is 4.50. The fraction of sp³-hybridized carbons (Fsp3) is 0.200. The molecule has 0 radical (unpaired) electrons. The van der Waals surface area contributed by atoms with E-state index in [0.717, 1.165) is 5.56 Å². The van der Waals surface area contributed by atoms with Gasteiger partial charge in [-0.05, 0) is 29.8 Å². The zero-order valence-corrected chi connectivity index (χ0v) is 11.8. The van der Waals surface area contributed by atoms with E-state index in [9.17, 15) is 8.42 Å². The molecule has 106 valence electrons. The van der Waals surface area contributed by atoms with Crippen molar-refractivity contribution in [1.29, 1.82) is 0 Å². The minimum absolute atomic E-state index is 0.00767. The van der Waals surface area contributed by atoms with Gasteiger partial charge >= 0.3 is 0 Å². The third kappa shape index (κ3) is 4.59. The molecular formula is C15H17NO3S. The smallest absolute Gasteiger partial charge is 0.157 e. The first-order valence-electron chi connectivity index (χ1n) is 6.28. The van der Waals surface area contributed by atoms with Gasteiger partial charge in [0, 0.05) is 5.69 Å². The van der Waals surface area contributed by atoms with Gasteiger partial charge in [-0.2, -0.15) is 0 Å². The lowest BCUT2D eigenvalue weighted by Gasteiger charge is -2.07. The van der Waals surface area contributed by atoms with Crippen molar-refractivity contribution < 1.29 is 13.2 Å². The number of nitrogens with two attached hydrogens (primary N) is 1. The summed E-state index contributed by atoms with van der Waals surface area (Å²) in [5.74, 6) is 0.652. The van der Waals surface area contributed by atoms with Gasteiger partial charge in [0.25, 0.3) is 0 Å². The summed E-state index contributed by atoms with van der Waals surface area (Å²) < 4.78 is 29.3. The third-order valence-corrected chi connectivity index (χ3v) is 4.33. The van der Waals surface area contributed by atoms with Crippen LogP contribution in [-0.4, -0.2) is 20.8 Å². The maximum atomic E-state index is 11.9. The maximum Gasteiger partial charge on any atom is 0.157 e. The summed E-state index contributed by atoms with van der Waals surface area (Å²) >= 11 is 0. The van der Waals surface area contributed by atoms with Crippen LogP contribution < -0.4 is 10.5 Å². The lowest BCUT2D eigenvalue weighted by Crippen LogP contribution is -2.15. The lowest BCUT2D eigenvalue weighted by molar-refractivity contribution is 0.341. The van der Waals surface area contributed by atoms with Crippen molar-refractivity contribution in [2.24, 2.45) is 0 Å². The molecule has 0 unspecified atom stereocenters. The normalized spacial score (nSPS) is 11.2. The van der Waals surface area contributed by atoms with Crippen LogP contribution >= 0.6 is 0 Å². The number of anilines is 1. The summed E-state index contributed by atoms with van der Waals surface area (Å²) in [5, 5.41) is 0. The quantitative estimate of drug-likeness (QED) is 0.829. The van der Waals surface area contributed by atoms with E-state index in [1.165, 1.54) is 0 Å². The Hall–Kier alpha value is -2.01. The molecule has 0 aliphatic rings. The van der Waals surface area contributed by atoms with Gasteiger partial charge in [-0.15, -0.1) is 0 Å². The van der Waals surface area contributed by atoms with Crippen LogP contribution in [0.2, 0.25) is 0 Å². The summed E-state index contributed by atoms with van der Waals surface area (Å²) in [6.45, 7) is 0.138. The Morgan fingerprint density at radius 3 is 2.25 bits per heavy atom. The molecule has 0 saturated carbocycles. The fourth-order valence-corrected chi connectivity index (χ4v) is 2.93. The van der Waals surface area contributed by atoms with Crippen molar-refractivity contribution in [2.75, 3.05) is 18.1 Å². The van der Waals surface area contributed by atoms with Crippen molar-refractivity contribution >= 4 is 15.5 Å². The Morgan fingerprint density at radius 1 is 0.950 bits per heavy atom. The van der Waals surface area contributed by atoms with Gasteiger partial charge in [0.2, 0.25) is 0 Å². The molecule has 2 aromatic carbocycles. The first kappa shape index (κ1) is 14.4. The van der Waals surface area contributed by atoms with Gasteiger partial charge in [0.15, 0.2) is 9.84 Å². The largest absolute Gasteiger partial charge is 0.493 e. The van der Waals surface area contributed by atoms with Gasteiger partial charge in [-0.1, -0.05) is 30.3 Å². The molecule has 0 spiro atoms. The molecule has 2 aromatic rings. The van der Waals surface area contributed by atoms with Crippen molar-refractivity contribution in [2.45, 2.75) is 5.75 Å². The third-order valence-electron chi connectivity index (χ3n) is 2.77. The predicted octanol–water partition coefficient (Wildman–Crippen LogP) is 2.26. The summed E-state index contributed by atoms with van der Waals surface area (Å²) in [7, 11) is -3.16. The SMILES string of the molecule is Nc1ccc(OCCS(=O)(=O)Cc2ccccc2)cc1. The van der Waals surface area contributed by atoms with Crippen LogP contribution in [0.3, 0.4) is 0 Å². The molecule has 0 aromatic heterocycles. The first-order valence-corrected chi connectivity index (χ1v) is 8.10. The molecule has 0 heterocycles. The molecule has 0 aliphatic heterocycles. The second kappa shape index (κ2) is 6.43. The minimum Gasteiger partial charge on any atom is -0.493 e. The van der Waals surface area contributed by atoms with E-state index in [1.54, 1.807) is 36.4 Å². The van der Waals surface area contributed by atoms with Gasteiger partial charge < -0.3 is 10.5 Å². The molecule has 20 heavy (non-hydrogen) atoms. The van der Waals surface area contributed by atoms with Crippen molar-refractivity contribution in [1.82, 2.24) is 0 Å². The summed E-state index contributed by atoms with van der Waals surface area (Å²) in [4.78, 5) is 0. The summed E-state index contributed by atoms with van der Waals surface area (Å²) in [6.07, 6.45) is 0. The van der Waals surface area contributed by atoms with Gasteiger partial charge in [-0.3, -0.25) is 0 Å². The van der Waals surface area contributed by atoms with Gasteiger partial charge in [-0.25, -0.2) is 8.42 Å². The Morgan fingerprint density at radius 2 is 1.60 bits per heavy atom. The molecule has 5 heteroatoms. The number of sulfone groups is 1. The van der Waals surface area contributed by atoms with Gasteiger partial charge in [0.05, 0.1) is 11.5 Å². The average molecular weight is 291 g/mol. The molecule has 2 rings (SSSR count). The maximum absolute atomic E-state index is 11.9. The Balaban J connectivity index is 1.85. The van der Waals surface area contributed by atoms with Crippen LogP contribution in [0.4, 0.5) is 5.69 Å². The second-order valence-corrected chi connectivity index (χ2v) is 6.68. The van der Waals surface area contributed by atoms with Crippen LogP contribution in [0.25, 0.3) is 0 Å². The Labute approximate surface area is 119 Å². The van der Waals surface area contributed by atoms with Crippen molar-refractivity contribution in [3.8, 4) is 5.75 Å². The van der Waals surface area contributed by atoms with E-state index in [0.29, 0.717) is 11.4 Å². The number of benzene rings is 2. The van der Waals surface area contributed by atoms with Crippen molar-refractivity contribution in [3.05, 3.63) is 60.2 Å². The highest BCUT2D eigenvalue weighted by atomic mass is 32.2. The Bertz CT molecular complexity index is 637. The van der Waals surface area contributed by atoms with E-state index >= 15 is 0 Å². The van der Waals surface area contributed by atoms with E-state index in [4.69, 9.17) is 10.5 Å². The molecular weight excluding hydrogens is 274 g/mol. The van der Waals surface area contributed by atoms with E-state index in [-0.39, 0.29) is 18.1 Å². The highest BCUT2D eigenvalue weighted by Crippen LogP contribution is 2.13. The van der Waals surface area contributed by atoms with Crippen LogP contribution in [0.15, 0.2) is 54.6 Å². The first-order chi connectivity index (χ1) is 9.55. The summed E-state index contributed by atoms with van der Waals surface area (Å²) in [6, 6.07) is 16.0. The van der Waals surface area contributed by atoms with Crippen LogP contribution in [0, 0.1) is 0 Å². The minimum atomic E-state index is -3.16. The predicted molar refractivity (Wildman–Crippen MR) is 80.3 cm³/mol. The molecule has 0 fully saturated rings. The monoisotopic (exact) mass is 291 g/mol. The van der Waals surface area contributed by atoms with Crippen molar-refractivity contribution in [3.63, 3.8) is 0 Å². The number of ether oxygens (including phenoxy) is 1. The topological polar surface area (TPSA) is 69.4 Å². The van der Waals surface area contributed by atoms with E-state index in [1.807, 2.05) is 18.2 Å². The molecule has 0 aliphatic carbocycles. The average Bonchev–Trinajstić information content (AvgIpc) is 2.41. The number of rotatable bonds is 6. The summed E-state index contributed by atoms with van der Waals surface area (Å²) in [5.41, 5.74) is 7.00. The zero-order valence-electron chi connectivity index (χ0n) is 11.0. The molecule has 0 bridgehead atoms. The molecule has 0 amide bonds. The molecule has 2 N–H and O–H groups in total. The van der Waals surface area contributed by atoms with E-state index in [2.05, 4.69) is 0 Å². The van der Waals surface area contributed by atoms with E-state index < -0.39 is 9.84 Å². The number of hydrogen-bond acceptors (Lipinski definition) is 4. The number of nitrogen functional groups attached to an aromatic ring is 1. The Kier molecular flexibility index (Phi) is 4.63. The van der Waals surface area contributed by atoms with Gasteiger partial charge in [0.1, 0.15) is 12.4 Å². The highest BCUT2D eigenvalue weighted by Gasteiger charge is 2.12. The molecule has 4 nitrogen and oxygen atoms in total. The molecule has 0 saturated heterocycles. The zero-order chi connectivity index (χ0) is 14.4. The number of hydrogen-bond donors (Lipinski definition) is 1. The standard InChI is InChI=1S/C15H17NO3S/c16-14-6-8-15(9-7-14)19-10-11-20(17,18)12-13-4-2-1-3-5-13/h1-9H,10-12,16H2. The van der Waals surface area contributed by atoms with Crippen LogP contribution in [-0.2, 0) is 15.6 Å². The highest BCUT2D eigenvalue weighted by molar-refractivity contribution is 7.90.